The lowest BCUT2D eigenvalue weighted by atomic mass is 9.92. The number of benzene rings is 1. The molecule has 2 aliphatic carbocycles. The predicted molar refractivity (Wildman–Crippen MR) is 70.4 cm³/mol. The van der Waals surface area contributed by atoms with E-state index in [-0.39, 0.29) is 18.8 Å². The Kier molecular flexibility index (Phi) is 3.53. The summed E-state index contributed by atoms with van der Waals surface area (Å²) >= 11 is 0. The van der Waals surface area contributed by atoms with Crippen molar-refractivity contribution in [1.82, 2.24) is 0 Å². The Labute approximate surface area is 116 Å². The molecule has 0 saturated heterocycles. The number of fused-ring (bicyclic) bond motifs is 3. The van der Waals surface area contributed by atoms with Gasteiger partial charge in [0.05, 0.1) is 6.10 Å². The van der Waals surface area contributed by atoms with E-state index in [1.807, 2.05) is 12.1 Å². The Morgan fingerprint density at radius 1 is 1.25 bits per heavy atom. The van der Waals surface area contributed by atoms with Crippen molar-refractivity contribution < 1.29 is 18.3 Å². The van der Waals surface area contributed by atoms with Gasteiger partial charge in [-0.2, -0.15) is 13.2 Å². The highest BCUT2D eigenvalue weighted by molar-refractivity contribution is 5.39. The molecular formula is C16H19F3O. The quantitative estimate of drug-likeness (QED) is 0.884. The molecule has 20 heavy (non-hydrogen) atoms. The molecular weight excluding hydrogens is 265 g/mol. The Morgan fingerprint density at radius 2 is 2.00 bits per heavy atom. The maximum Gasteiger partial charge on any atom is 0.389 e. The van der Waals surface area contributed by atoms with Gasteiger partial charge in [0.15, 0.2) is 0 Å². The second-order valence-corrected chi connectivity index (χ2v) is 6.08. The third kappa shape index (κ3) is 2.71. The molecule has 1 nitrogen and oxygen atoms in total. The maximum absolute atomic E-state index is 12.1. The van der Waals surface area contributed by atoms with Crippen LogP contribution in [0, 0.1) is 11.8 Å². The normalized spacial score (nSPS) is 29.5. The molecule has 0 radical (unpaired) electrons. The fourth-order valence-electron chi connectivity index (χ4n) is 3.85. The predicted octanol–water partition coefficient (Wildman–Crippen LogP) is 4.06. The molecule has 0 spiro atoms. The van der Waals surface area contributed by atoms with Gasteiger partial charge in [0.1, 0.15) is 0 Å². The number of alkyl halides is 3. The van der Waals surface area contributed by atoms with Crippen LogP contribution in [0.3, 0.4) is 0 Å². The third-order valence-electron chi connectivity index (χ3n) is 4.80. The average Bonchev–Trinajstić information content (AvgIpc) is 3.12. The largest absolute Gasteiger partial charge is 0.393 e. The average molecular weight is 284 g/mol. The molecule has 110 valence electrons. The lowest BCUT2D eigenvalue weighted by molar-refractivity contribution is -0.136. The van der Waals surface area contributed by atoms with Crippen molar-refractivity contribution in [2.24, 2.45) is 11.8 Å². The first-order valence-corrected chi connectivity index (χ1v) is 7.30. The summed E-state index contributed by atoms with van der Waals surface area (Å²) in [6, 6.07) is 8.26. The first kappa shape index (κ1) is 13.9. The molecule has 4 atom stereocenters. The number of hydrogen-bond donors (Lipinski definition) is 1. The minimum atomic E-state index is -4.11. The van der Waals surface area contributed by atoms with Crippen LogP contribution in [0.2, 0.25) is 0 Å². The molecule has 1 aromatic carbocycles. The van der Waals surface area contributed by atoms with E-state index in [1.54, 1.807) is 0 Å². The van der Waals surface area contributed by atoms with E-state index < -0.39 is 18.7 Å². The Balaban J connectivity index is 1.58. The fraction of sp³-hybridized carbons (Fsp3) is 0.625. The molecule has 0 aromatic heterocycles. The molecule has 0 amide bonds. The van der Waals surface area contributed by atoms with Gasteiger partial charge in [-0.05, 0) is 54.6 Å². The highest BCUT2D eigenvalue weighted by Gasteiger charge is 2.55. The molecule has 4 heteroatoms. The zero-order valence-electron chi connectivity index (χ0n) is 11.2. The highest BCUT2D eigenvalue weighted by Crippen LogP contribution is 2.61. The Morgan fingerprint density at radius 3 is 2.75 bits per heavy atom. The maximum atomic E-state index is 12.1. The van der Waals surface area contributed by atoms with Crippen LogP contribution in [0.25, 0.3) is 0 Å². The summed E-state index contributed by atoms with van der Waals surface area (Å²) in [5.74, 6) is 1.03. The van der Waals surface area contributed by atoms with Crippen LogP contribution < -0.4 is 0 Å². The van der Waals surface area contributed by atoms with Crippen LogP contribution in [0.5, 0.6) is 0 Å². The number of aliphatic hydroxyl groups excluding tert-OH is 1. The SMILES string of the molecule is OC(CCCC(F)(F)F)C1C2CCc3ccccc3C21. The number of rotatable bonds is 4. The van der Waals surface area contributed by atoms with Gasteiger partial charge in [-0.25, -0.2) is 0 Å². The minimum Gasteiger partial charge on any atom is -0.393 e. The Hall–Kier alpha value is -1.03. The summed E-state index contributed by atoms with van der Waals surface area (Å²) in [7, 11) is 0. The standard InChI is InChI=1S/C16H19F3O/c17-16(18,19)9-3-6-13(20)15-12-8-7-10-4-1-2-5-11(10)14(12)15/h1-2,4-5,12-15,20H,3,6-9H2. The molecule has 0 aliphatic heterocycles. The summed E-state index contributed by atoms with van der Waals surface area (Å²) in [6.07, 6.45) is -3.10. The van der Waals surface area contributed by atoms with E-state index in [9.17, 15) is 18.3 Å². The van der Waals surface area contributed by atoms with Gasteiger partial charge < -0.3 is 5.11 Å². The molecule has 0 bridgehead atoms. The monoisotopic (exact) mass is 284 g/mol. The lowest BCUT2D eigenvalue weighted by Crippen LogP contribution is -2.14. The van der Waals surface area contributed by atoms with Crippen LogP contribution in [0.4, 0.5) is 13.2 Å². The van der Waals surface area contributed by atoms with Gasteiger partial charge in [0.25, 0.3) is 0 Å². The molecule has 2 aliphatic rings. The van der Waals surface area contributed by atoms with Gasteiger partial charge in [-0.15, -0.1) is 0 Å². The molecule has 3 rings (SSSR count). The summed E-state index contributed by atoms with van der Waals surface area (Å²) in [4.78, 5) is 0. The van der Waals surface area contributed by atoms with Crippen molar-refractivity contribution >= 4 is 0 Å². The summed E-state index contributed by atoms with van der Waals surface area (Å²) in [5, 5.41) is 10.2. The van der Waals surface area contributed by atoms with Crippen LogP contribution in [-0.4, -0.2) is 17.4 Å². The highest BCUT2D eigenvalue weighted by atomic mass is 19.4. The van der Waals surface area contributed by atoms with Crippen LogP contribution in [0.1, 0.15) is 42.7 Å². The lowest BCUT2D eigenvalue weighted by Gasteiger charge is -2.13. The van der Waals surface area contributed by atoms with E-state index in [1.165, 1.54) is 11.1 Å². The van der Waals surface area contributed by atoms with E-state index in [4.69, 9.17) is 0 Å². The van der Waals surface area contributed by atoms with Crippen molar-refractivity contribution in [3.05, 3.63) is 35.4 Å². The minimum absolute atomic E-state index is 0.0300. The van der Waals surface area contributed by atoms with E-state index in [0.29, 0.717) is 11.8 Å². The molecule has 1 aromatic rings. The Bertz CT molecular complexity index is 483. The zero-order chi connectivity index (χ0) is 14.3. The second kappa shape index (κ2) is 5.06. The van der Waals surface area contributed by atoms with E-state index in [0.717, 1.165) is 12.8 Å². The van der Waals surface area contributed by atoms with E-state index >= 15 is 0 Å². The summed E-state index contributed by atoms with van der Waals surface area (Å²) < 4.78 is 36.4. The molecule has 0 heterocycles. The topological polar surface area (TPSA) is 20.2 Å². The number of halogens is 3. The van der Waals surface area contributed by atoms with Crippen LogP contribution in [0.15, 0.2) is 24.3 Å². The number of aryl methyl sites for hydroxylation is 1. The van der Waals surface area contributed by atoms with Crippen molar-refractivity contribution in [2.75, 3.05) is 0 Å². The molecule has 1 fully saturated rings. The van der Waals surface area contributed by atoms with Gasteiger partial charge >= 0.3 is 6.18 Å². The van der Waals surface area contributed by atoms with Gasteiger partial charge in [0, 0.05) is 6.42 Å². The number of hydrogen-bond acceptors (Lipinski definition) is 1. The fourth-order valence-corrected chi connectivity index (χ4v) is 3.85. The van der Waals surface area contributed by atoms with E-state index in [2.05, 4.69) is 12.1 Å². The second-order valence-electron chi connectivity index (χ2n) is 6.08. The first-order chi connectivity index (χ1) is 9.47. The van der Waals surface area contributed by atoms with Gasteiger partial charge in [-0.1, -0.05) is 24.3 Å². The third-order valence-corrected chi connectivity index (χ3v) is 4.80. The first-order valence-electron chi connectivity index (χ1n) is 7.30. The van der Waals surface area contributed by atoms with Gasteiger partial charge in [0.2, 0.25) is 0 Å². The van der Waals surface area contributed by atoms with Crippen molar-refractivity contribution in [3.8, 4) is 0 Å². The molecule has 4 unspecified atom stereocenters. The summed E-state index contributed by atoms with van der Waals surface area (Å²) in [6.45, 7) is 0. The number of aliphatic hydroxyl groups is 1. The molecule has 1 saturated carbocycles. The van der Waals surface area contributed by atoms with Crippen LogP contribution in [-0.2, 0) is 6.42 Å². The zero-order valence-corrected chi connectivity index (χ0v) is 11.2. The van der Waals surface area contributed by atoms with Crippen molar-refractivity contribution in [1.29, 1.82) is 0 Å². The van der Waals surface area contributed by atoms with Crippen molar-refractivity contribution in [3.63, 3.8) is 0 Å². The molecule has 1 N–H and O–H groups in total. The van der Waals surface area contributed by atoms with Crippen molar-refractivity contribution in [2.45, 2.75) is 50.3 Å². The van der Waals surface area contributed by atoms with Gasteiger partial charge in [-0.3, -0.25) is 0 Å². The summed E-state index contributed by atoms with van der Waals surface area (Å²) in [5.41, 5.74) is 2.65. The smallest absolute Gasteiger partial charge is 0.389 e. The van der Waals surface area contributed by atoms with Crippen LogP contribution >= 0.6 is 0 Å².